The summed E-state index contributed by atoms with van der Waals surface area (Å²) in [5, 5.41) is -0.0450. The van der Waals surface area contributed by atoms with Crippen molar-refractivity contribution in [1.29, 1.82) is 0 Å². The van der Waals surface area contributed by atoms with Crippen molar-refractivity contribution in [1.82, 2.24) is 0 Å². The molecule has 0 aliphatic carbocycles. The average molecular weight is 305 g/mol. The molecule has 0 aliphatic rings. The highest BCUT2D eigenvalue weighted by molar-refractivity contribution is 6.30. The van der Waals surface area contributed by atoms with Crippen molar-refractivity contribution < 1.29 is 22.3 Å². The van der Waals surface area contributed by atoms with E-state index in [0.717, 1.165) is 18.2 Å². The van der Waals surface area contributed by atoms with Gasteiger partial charge in [0, 0.05) is 6.07 Å². The first kappa shape index (κ1) is 14.7. The lowest BCUT2D eigenvalue weighted by Crippen LogP contribution is -2.06. The Labute approximate surface area is 117 Å². The van der Waals surface area contributed by atoms with Crippen LogP contribution in [0.4, 0.5) is 17.6 Å². The minimum Gasteiger partial charge on any atom is -0.489 e. The van der Waals surface area contributed by atoms with Crippen molar-refractivity contribution in [3.8, 4) is 5.75 Å². The van der Waals surface area contributed by atoms with Crippen LogP contribution in [0.15, 0.2) is 42.5 Å². The maximum Gasteiger partial charge on any atom is 0.416 e. The van der Waals surface area contributed by atoms with Gasteiger partial charge in [-0.15, -0.1) is 0 Å². The van der Waals surface area contributed by atoms with Crippen LogP contribution < -0.4 is 4.74 Å². The van der Waals surface area contributed by atoms with Crippen LogP contribution in [0.2, 0.25) is 5.02 Å². The van der Waals surface area contributed by atoms with Gasteiger partial charge in [0.25, 0.3) is 0 Å². The van der Waals surface area contributed by atoms with E-state index in [2.05, 4.69) is 0 Å². The van der Waals surface area contributed by atoms with Crippen molar-refractivity contribution in [2.24, 2.45) is 0 Å². The summed E-state index contributed by atoms with van der Waals surface area (Å²) in [5.41, 5.74) is -0.406. The summed E-state index contributed by atoms with van der Waals surface area (Å²) in [6.07, 6.45) is -4.40. The molecule has 0 radical (unpaired) electrons. The van der Waals surface area contributed by atoms with E-state index in [1.165, 1.54) is 24.3 Å². The van der Waals surface area contributed by atoms with E-state index in [-0.39, 0.29) is 17.4 Å². The van der Waals surface area contributed by atoms with Crippen LogP contribution >= 0.6 is 11.6 Å². The smallest absolute Gasteiger partial charge is 0.416 e. The molecule has 0 aliphatic heterocycles. The van der Waals surface area contributed by atoms with Gasteiger partial charge in [0.1, 0.15) is 18.2 Å². The zero-order chi connectivity index (χ0) is 14.8. The zero-order valence-electron chi connectivity index (χ0n) is 10.0. The molecular formula is C14H9ClF4O. The van der Waals surface area contributed by atoms with Crippen LogP contribution in [0, 0.1) is 5.82 Å². The van der Waals surface area contributed by atoms with Crippen LogP contribution in [-0.4, -0.2) is 0 Å². The first-order chi connectivity index (χ1) is 9.36. The summed E-state index contributed by atoms with van der Waals surface area (Å²) >= 11 is 5.51. The second kappa shape index (κ2) is 5.71. The maximum absolute atomic E-state index is 13.2. The second-order valence-electron chi connectivity index (χ2n) is 4.06. The molecule has 0 bridgehead atoms. The van der Waals surface area contributed by atoms with Gasteiger partial charge < -0.3 is 4.74 Å². The van der Waals surface area contributed by atoms with E-state index in [1.807, 2.05) is 0 Å². The average Bonchev–Trinajstić information content (AvgIpc) is 2.39. The van der Waals surface area contributed by atoms with Gasteiger partial charge >= 0.3 is 6.18 Å². The molecule has 20 heavy (non-hydrogen) atoms. The summed E-state index contributed by atoms with van der Waals surface area (Å²) in [4.78, 5) is 0. The molecule has 2 aromatic carbocycles. The number of hydrogen-bond acceptors (Lipinski definition) is 1. The number of rotatable bonds is 3. The number of ether oxygens (including phenoxy) is 1. The van der Waals surface area contributed by atoms with Gasteiger partial charge in [-0.05, 0) is 29.8 Å². The predicted octanol–water partition coefficient (Wildman–Crippen LogP) is 5.08. The Morgan fingerprint density at radius 3 is 2.45 bits per heavy atom. The standard InChI is InChI=1S/C14H9ClF4O/c15-12-5-4-11(7-13(12)16)20-8-9-2-1-3-10(6-9)14(17,18)19/h1-7H,8H2. The molecule has 0 spiro atoms. The van der Waals surface area contributed by atoms with Crippen LogP contribution in [0.5, 0.6) is 5.75 Å². The molecule has 6 heteroatoms. The lowest BCUT2D eigenvalue weighted by atomic mass is 10.1. The molecule has 1 nitrogen and oxygen atoms in total. The molecule has 0 amide bonds. The van der Waals surface area contributed by atoms with Crippen molar-refractivity contribution in [3.05, 3.63) is 64.4 Å². The Bertz CT molecular complexity index is 610. The lowest BCUT2D eigenvalue weighted by Gasteiger charge is -2.10. The minimum absolute atomic E-state index is 0.0450. The normalized spacial score (nSPS) is 11.4. The van der Waals surface area contributed by atoms with E-state index in [4.69, 9.17) is 16.3 Å². The van der Waals surface area contributed by atoms with E-state index >= 15 is 0 Å². The summed E-state index contributed by atoms with van der Waals surface area (Å²) in [7, 11) is 0. The Morgan fingerprint density at radius 1 is 1.05 bits per heavy atom. The van der Waals surface area contributed by atoms with Crippen molar-refractivity contribution in [2.75, 3.05) is 0 Å². The third-order valence-corrected chi connectivity index (χ3v) is 2.86. The summed E-state index contributed by atoms with van der Waals surface area (Å²) in [6, 6.07) is 8.61. The monoisotopic (exact) mass is 304 g/mol. The van der Waals surface area contributed by atoms with Gasteiger partial charge in [0.15, 0.2) is 0 Å². The van der Waals surface area contributed by atoms with Gasteiger partial charge in [-0.1, -0.05) is 23.7 Å². The maximum atomic E-state index is 13.2. The van der Waals surface area contributed by atoms with E-state index in [9.17, 15) is 17.6 Å². The Kier molecular flexibility index (Phi) is 4.18. The first-order valence-electron chi connectivity index (χ1n) is 5.60. The summed E-state index contributed by atoms with van der Waals surface area (Å²) < 4.78 is 56.0. The van der Waals surface area contributed by atoms with Crippen LogP contribution in [0.25, 0.3) is 0 Å². The molecule has 0 aromatic heterocycles. The van der Waals surface area contributed by atoms with E-state index in [0.29, 0.717) is 5.56 Å². The molecule has 0 unspecified atom stereocenters. The number of alkyl halides is 3. The Hall–Kier alpha value is -1.75. The molecule has 106 valence electrons. The van der Waals surface area contributed by atoms with Crippen LogP contribution in [0.3, 0.4) is 0 Å². The summed E-state index contributed by atoms with van der Waals surface area (Å²) in [5.74, 6) is -0.447. The van der Waals surface area contributed by atoms with Gasteiger partial charge in [-0.25, -0.2) is 4.39 Å². The third kappa shape index (κ3) is 3.63. The predicted molar refractivity (Wildman–Crippen MR) is 67.2 cm³/mol. The molecule has 0 heterocycles. The fourth-order valence-electron chi connectivity index (χ4n) is 1.57. The molecule has 0 atom stereocenters. The summed E-state index contributed by atoms with van der Waals surface area (Å²) in [6.45, 7) is -0.0923. The van der Waals surface area contributed by atoms with Crippen LogP contribution in [0.1, 0.15) is 11.1 Å². The molecule has 2 aromatic rings. The SMILES string of the molecule is Fc1cc(OCc2cccc(C(F)(F)F)c2)ccc1Cl. The van der Waals surface area contributed by atoms with Crippen molar-refractivity contribution in [3.63, 3.8) is 0 Å². The Balaban J connectivity index is 2.09. The number of hydrogen-bond donors (Lipinski definition) is 0. The van der Waals surface area contributed by atoms with Crippen molar-refractivity contribution >= 4 is 11.6 Å². The Morgan fingerprint density at radius 2 is 1.80 bits per heavy atom. The largest absolute Gasteiger partial charge is 0.489 e. The minimum atomic E-state index is -4.40. The highest BCUT2D eigenvalue weighted by Gasteiger charge is 2.30. The molecule has 0 fully saturated rings. The first-order valence-corrected chi connectivity index (χ1v) is 5.98. The van der Waals surface area contributed by atoms with E-state index in [1.54, 1.807) is 0 Å². The zero-order valence-corrected chi connectivity index (χ0v) is 10.8. The highest BCUT2D eigenvalue weighted by atomic mass is 35.5. The molecule has 0 N–H and O–H groups in total. The van der Waals surface area contributed by atoms with E-state index < -0.39 is 17.6 Å². The fraction of sp³-hybridized carbons (Fsp3) is 0.143. The molecule has 0 saturated carbocycles. The van der Waals surface area contributed by atoms with Gasteiger partial charge in [0.05, 0.1) is 10.6 Å². The third-order valence-electron chi connectivity index (χ3n) is 2.55. The highest BCUT2D eigenvalue weighted by Crippen LogP contribution is 2.30. The van der Waals surface area contributed by atoms with Gasteiger partial charge in [-0.3, -0.25) is 0 Å². The van der Waals surface area contributed by atoms with Crippen molar-refractivity contribution in [2.45, 2.75) is 12.8 Å². The van der Waals surface area contributed by atoms with Crippen LogP contribution in [-0.2, 0) is 12.8 Å². The topological polar surface area (TPSA) is 9.23 Å². The molecule has 2 rings (SSSR count). The molecular weight excluding hydrogens is 296 g/mol. The fourth-order valence-corrected chi connectivity index (χ4v) is 1.69. The molecule has 0 saturated heterocycles. The number of benzene rings is 2. The van der Waals surface area contributed by atoms with Gasteiger partial charge in [0.2, 0.25) is 0 Å². The lowest BCUT2D eigenvalue weighted by molar-refractivity contribution is -0.137. The second-order valence-corrected chi connectivity index (χ2v) is 4.47. The quantitative estimate of drug-likeness (QED) is 0.719. The number of halogens is 5. The van der Waals surface area contributed by atoms with Gasteiger partial charge in [-0.2, -0.15) is 13.2 Å².